The van der Waals surface area contributed by atoms with Gasteiger partial charge in [-0.15, -0.1) is 0 Å². The van der Waals surface area contributed by atoms with E-state index in [0.29, 0.717) is 18.5 Å². The van der Waals surface area contributed by atoms with E-state index >= 15 is 0 Å². The number of nitriles is 1. The second kappa shape index (κ2) is 6.35. The smallest absolute Gasteiger partial charge is 0.123 e. The molecule has 4 heteroatoms. The summed E-state index contributed by atoms with van der Waals surface area (Å²) in [4.78, 5) is 0. The molecule has 0 aromatic heterocycles. The Morgan fingerprint density at radius 2 is 2.00 bits per heavy atom. The lowest BCUT2D eigenvalue weighted by Crippen LogP contribution is -2.06. The number of halogens is 2. The lowest BCUT2D eigenvalue weighted by atomic mass is 10.1. The SMILES string of the molecule is N#Cc1c(Br)cccc1NCCc1cccc(F)c1. The third-order valence-electron chi connectivity index (χ3n) is 2.74. The summed E-state index contributed by atoms with van der Waals surface area (Å²) in [5.74, 6) is -0.224. The average Bonchev–Trinajstić information content (AvgIpc) is 2.39. The van der Waals surface area contributed by atoms with E-state index in [0.717, 1.165) is 15.7 Å². The Hall–Kier alpha value is -1.86. The Bertz CT molecular complexity index is 620. The second-order valence-electron chi connectivity index (χ2n) is 4.08. The minimum absolute atomic E-state index is 0.224. The van der Waals surface area contributed by atoms with E-state index in [-0.39, 0.29) is 5.82 Å². The first-order chi connectivity index (χ1) is 9.20. The largest absolute Gasteiger partial charge is 0.384 e. The predicted octanol–water partition coefficient (Wildman–Crippen LogP) is 4.11. The van der Waals surface area contributed by atoms with Crippen molar-refractivity contribution >= 4 is 21.6 Å². The number of benzene rings is 2. The Morgan fingerprint density at radius 3 is 2.74 bits per heavy atom. The molecule has 0 fully saturated rings. The fraction of sp³-hybridized carbons (Fsp3) is 0.133. The van der Waals surface area contributed by atoms with Crippen molar-refractivity contribution in [1.29, 1.82) is 5.26 Å². The van der Waals surface area contributed by atoms with Gasteiger partial charge in [0.05, 0.1) is 11.3 Å². The normalized spacial score (nSPS) is 9.95. The van der Waals surface area contributed by atoms with Crippen LogP contribution < -0.4 is 5.32 Å². The lowest BCUT2D eigenvalue weighted by Gasteiger charge is -2.09. The second-order valence-corrected chi connectivity index (χ2v) is 4.94. The first-order valence-electron chi connectivity index (χ1n) is 5.87. The Balaban J connectivity index is 2.00. The summed E-state index contributed by atoms with van der Waals surface area (Å²) >= 11 is 3.34. The van der Waals surface area contributed by atoms with Crippen molar-refractivity contribution in [3.05, 3.63) is 63.9 Å². The van der Waals surface area contributed by atoms with Gasteiger partial charge >= 0.3 is 0 Å². The molecule has 2 aromatic carbocycles. The molecule has 0 spiro atoms. The molecule has 0 bridgehead atoms. The van der Waals surface area contributed by atoms with Crippen molar-refractivity contribution in [2.24, 2.45) is 0 Å². The van der Waals surface area contributed by atoms with Crippen LogP contribution in [0.5, 0.6) is 0 Å². The summed E-state index contributed by atoms with van der Waals surface area (Å²) in [6, 6.07) is 14.2. The fourth-order valence-electron chi connectivity index (χ4n) is 1.82. The van der Waals surface area contributed by atoms with Gasteiger partial charge in [-0.25, -0.2) is 4.39 Å². The maximum Gasteiger partial charge on any atom is 0.123 e. The summed E-state index contributed by atoms with van der Waals surface area (Å²) in [5, 5.41) is 12.3. The monoisotopic (exact) mass is 318 g/mol. The highest BCUT2D eigenvalue weighted by atomic mass is 79.9. The molecule has 0 atom stereocenters. The Labute approximate surface area is 120 Å². The molecule has 0 unspecified atom stereocenters. The van der Waals surface area contributed by atoms with Gasteiger partial charge in [-0.05, 0) is 52.2 Å². The minimum Gasteiger partial charge on any atom is -0.384 e. The minimum atomic E-state index is -0.224. The number of nitrogens with one attached hydrogen (secondary N) is 1. The van der Waals surface area contributed by atoms with E-state index in [1.807, 2.05) is 24.3 Å². The quantitative estimate of drug-likeness (QED) is 0.920. The zero-order valence-corrected chi connectivity index (χ0v) is 11.7. The zero-order valence-electron chi connectivity index (χ0n) is 10.2. The van der Waals surface area contributed by atoms with Gasteiger partial charge < -0.3 is 5.32 Å². The van der Waals surface area contributed by atoms with Crippen LogP contribution in [0.2, 0.25) is 0 Å². The van der Waals surface area contributed by atoms with Crippen molar-refractivity contribution in [2.75, 3.05) is 11.9 Å². The third kappa shape index (κ3) is 3.55. The van der Waals surface area contributed by atoms with Crippen molar-refractivity contribution in [3.63, 3.8) is 0 Å². The molecule has 2 nitrogen and oxygen atoms in total. The molecule has 0 aliphatic rings. The molecular formula is C15H12BrFN2. The van der Waals surface area contributed by atoms with E-state index in [1.54, 1.807) is 6.07 Å². The van der Waals surface area contributed by atoms with Gasteiger partial charge in [-0.1, -0.05) is 18.2 Å². The Kier molecular flexibility index (Phi) is 4.53. The standard InChI is InChI=1S/C15H12BrFN2/c16-14-5-2-6-15(13(14)10-18)19-8-7-11-3-1-4-12(17)9-11/h1-6,9,19H,7-8H2. The third-order valence-corrected chi connectivity index (χ3v) is 3.40. The van der Waals surface area contributed by atoms with E-state index in [1.165, 1.54) is 12.1 Å². The highest BCUT2D eigenvalue weighted by Crippen LogP contribution is 2.23. The number of rotatable bonds is 4. The molecule has 0 radical (unpaired) electrons. The molecule has 0 saturated heterocycles. The van der Waals surface area contributed by atoms with Gasteiger partial charge in [0.25, 0.3) is 0 Å². The fourth-order valence-corrected chi connectivity index (χ4v) is 2.27. The van der Waals surface area contributed by atoms with Crippen LogP contribution in [0.15, 0.2) is 46.9 Å². The van der Waals surface area contributed by atoms with Crippen LogP contribution in [-0.4, -0.2) is 6.54 Å². The molecular weight excluding hydrogens is 307 g/mol. The van der Waals surface area contributed by atoms with Crippen LogP contribution in [0.25, 0.3) is 0 Å². The van der Waals surface area contributed by atoms with E-state index in [4.69, 9.17) is 5.26 Å². The van der Waals surface area contributed by atoms with E-state index in [2.05, 4.69) is 27.3 Å². The summed E-state index contributed by atoms with van der Waals surface area (Å²) in [7, 11) is 0. The molecule has 0 aliphatic carbocycles. The van der Waals surface area contributed by atoms with Crippen LogP contribution in [0, 0.1) is 17.1 Å². The summed E-state index contributed by atoms with van der Waals surface area (Å²) in [6.45, 7) is 0.647. The lowest BCUT2D eigenvalue weighted by molar-refractivity contribution is 0.625. The van der Waals surface area contributed by atoms with Gasteiger partial charge in [0.1, 0.15) is 11.9 Å². The number of anilines is 1. The van der Waals surface area contributed by atoms with Crippen LogP contribution in [-0.2, 0) is 6.42 Å². The summed E-state index contributed by atoms with van der Waals surface area (Å²) < 4.78 is 13.8. The van der Waals surface area contributed by atoms with Crippen molar-refractivity contribution < 1.29 is 4.39 Å². The predicted molar refractivity (Wildman–Crippen MR) is 77.5 cm³/mol. The maximum atomic E-state index is 13.0. The number of hydrogen-bond donors (Lipinski definition) is 1. The van der Waals surface area contributed by atoms with E-state index in [9.17, 15) is 4.39 Å². The summed E-state index contributed by atoms with van der Waals surface area (Å²) in [5.41, 5.74) is 2.30. The molecule has 0 saturated carbocycles. The van der Waals surface area contributed by atoms with Gasteiger partial charge in [0.15, 0.2) is 0 Å². The molecule has 0 aliphatic heterocycles. The first-order valence-corrected chi connectivity index (χ1v) is 6.67. The van der Waals surface area contributed by atoms with Crippen LogP contribution in [0.1, 0.15) is 11.1 Å². The van der Waals surface area contributed by atoms with Crippen molar-refractivity contribution in [2.45, 2.75) is 6.42 Å². The zero-order chi connectivity index (χ0) is 13.7. The Morgan fingerprint density at radius 1 is 1.21 bits per heavy atom. The molecule has 19 heavy (non-hydrogen) atoms. The highest BCUT2D eigenvalue weighted by Gasteiger charge is 2.05. The van der Waals surface area contributed by atoms with Gasteiger partial charge in [0.2, 0.25) is 0 Å². The molecule has 2 rings (SSSR count). The summed E-state index contributed by atoms with van der Waals surface area (Å²) in [6.07, 6.45) is 0.704. The molecule has 2 aromatic rings. The van der Waals surface area contributed by atoms with Crippen LogP contribution in [0.4, 0.5) is 10.1 Å². The van der Waals surface area contributed by atoms with Gasteiger partial charge in [0, 0.05) is 11.0 Å². The molecule has 0 amide bonds. The highest BCUT2D eigenvalue weighted by molar-refractivity contribution is 9.10. The maximum absolute atomic E-state index is 13.0. The van der Waals surface area contributed by atoms with Crippen LogP contribution in [0.3, 0.4) is 0 Å². The van der Waals surface area contributed by atoms with E-state index < -0.39 is 0 Å². The van der Waals surface area contributed by atoms with Crippen molar-refractivity contribution in [1.82, 2.24) is 0 Å². The number of hydrogen-bond acceptors (Lipinski definition) is 2. The average molecular weight is 319 g/mol. The van der Waals surface area contributed by atoms with Crippen LogP contribution >= 0.6 is 15.9 Å². The number of nitrogens with zero attached hydrogens (tertiary/aromatic N) is 1. The van der Waals surface area contributed by atoms with Gasteiger partial charge in [-0.3, -0.25) is 0 Å². The topological polar surface area (TPSA) is 35.8 Å². The van der Waals surface area contributed by atoms with Crippen molar-refractivity contribution in [3.8, 4) is 6.07 Å². The van der Waals surface area contributed by atoms with Gasteiger partial charge in [-0.2, -0.15) is 5.26 Å². The molecule has 1 N–H and O–H groups in total. The molecule has 96 valence electrons. The molecule has 0 heterocycles. The first kappa shape index (κ1) is 13.6.